The van der Waals surface area contributed by atoms with Crippen molar-refractivity contribution in [1.29, 1.82) is 0 Å². The number of rotatable bonds is 3. The summed E-state index contributed by atoms with van der Waals surface area (Å²) >= 11 is 0. The second-order valence-electron chi connectivity index (χ2n) is 4.00. The van der Waals surface area contributed by atoms with Crippen LogP contribution in [0.2, 0.25) is 0 Å². The molecule has 0 aromatic rings. The molecule has 18 heavy (non-hydrogen) atoms. The lowest BCUT2D eigenvalue weighted by molar-refractivity contribution is -0.0250. The number of aliphatic hydroxyl groups is 3. The molecule has 0 radical (unpaired) electrons. The number of nitrogens with two attached hydrogens (primary N) is 1. The summed E-state index contributed by atoms with van der Waals surface area (Å²) in [5, 5.41) is 28.6. The molecule has 2 aliphatic rings. The molecular formula is C10H16N4O4. The van der Waals surface area contributed by atoms with Crippen molar-refractivity contribution in [2.75, 3.05) is 13.2 Å². The van der Waals surface area contributed by atoms with Crippen molar-refractivity contribution < 1.29 is 21.4 Å². The van der Waals surface area contributed by atoms with Crippen LogP contribution in [-0.2, 0) is 4.74 Å². The van der Waals surface area contributed by atoms with Crippen molar-refractivity contribution in [2.24, 2.45) is 15.7 Å². The molecule has 1 unspecified atom stereocenters. The maximum absolute atomic E-state index is 9.85. The Morgan fingerprint density at radius 1 is 1.56 bits per heavy atom. The van der Waals surface area contributed by atoms with E-state index >= 15 is 0 Å². The second kappa shape index (κ2) is 5.02. The van der Waals surface area contributed by atoms with E-state index in [2.05, 4.69) is 16.6 Å². The first-order valence-electron chi connectivity index (χ1n) is 5.87. The van der Waals surface area contributed by atoms with Crippen LogP contribution in [-0.4, -0.2) is 70.1 Å². The highest BCUT2D eigenvalue weighted by Gasteiger charge is 2.43. The Morgan fingerprint density at radius 2 is 2.28 bits per heavy atom. The Morgan fingerprint density at radius 3 is 2.83 bits per heavy atom. The molecule has 0 bridgehead atoms. The highest BCUT2D eigenvalue weighted by atomic mass is 16.6. The molecule has 5 N–H and O–H groups in total. The molecule has 0 aromatic heterocycles. The van der Waals surface area contributed by atoms with Crippen LogP contribution in [0.1, 0.15) is 1.37 Å². The van der Waals surface area contributed by atoms with Crippen molar-refractivity contribution in [1.82, 2.24) is 4.90 Å². The zero-order chi connectivity index (χ0) is 14.2. The lowest BCUT2D eigenvalue weighted by atomic mass is 10.1. The number of hydrogen-bond acceptors (Lipinski definition) is 8. The Kier molecular flexibility index (Phi) is 3.24. The van der Waals surface area contributed by atoms with E-state index in [1.54, 1.807) is 0 Å². The van der Waals surface area contributed by atoms with Gasteiger partial charge in [-0.1, -0.05) is 6.58 Å². The molecule has 2 rings (SSSR count). The average molecular weight is 257 g/mol. The van der Waals surface area contributed by atoms with Crippen LogP contribution in [0.4, 0.5) is 0 Å². The van der Waals surface area contributed by atoms with Crippen molar-refractivity contribution >= 4 is 12.3 Å². The first-order chi connectivity index (χ1) is 8.86. The first kappa shape index (κ1) is 11.6. The zero-order valence-corrected chi connectivity index (χ0v) is 9.60. The molecule has 0 spiro atoms. The van der Waals surface area contributed by atoms with E-state index in [0.717, 1.165) is 0 Å². The van der Waals surface area contributed by atoms with E-state index in [-0.39, 0.29) is 12.5 Å². The van der Waals surface area contributed by atoms with Gasteiger partial charge in [0.25, 0.3) is 0 Å². The van der Waals surface area contributed by atoms with Gasteiger partial charge in [0.2, 0.25) is 5.96 Å². The summed E-state index contributed by atoms with van der Waals surface area (Å²) in [6, 6.07) is 0. The topological polar surface area (TPSA) is 124 Å². The molecule has 1 saturated heterocycles. The third kappa shape index (κ3) is 2.36. The van der Waals surface area contributed by atoms with Gasteiger partial charge in [0.05, 0.1) is 14.5 Å². The van der Waals surface area contributed by atoms with Gasteiger partial charge in [-0.15, -0.1) is 0 Å². The predicted octanol–water partition coefficient (Wildman–Crippen LogP) is -2.40. The van der Waals surface area contributed by atoms with Gasteiger partial charge in [-0.25, -0.2) is 4.99 Å². The number of ether oxygens (including phenoxy) is 1. The SMILES string of the molecule is [2H]C1(O)[C@H](O)[C@H](CN2C=NC(N)=NC2=C)O[C@@H]1CO. The minimum atomic E-state index is -2.25. The van der Waals surface area contributed by atoms with Gasteiger partial charge in [-0.2, -0.15) is 4.99 Å². The van der Waals surface area contributed by atoms with Crippen LogP contribution < -0.4 is 5.73 Å². The number of aliphatic imine (C=N–C) groups is 2. The van der Waals surface area contributed by atoms with E-state index in [0.29, 0.717) is 5.82 Å². The molecule has 2 heterocycles. The summed E-state index contributed by atoms with van der Waals surface area (Å²) < 4.78 is 12.8. The minimum Gasteiger partial charge on any atom is -0.394 e. The molecule has 8 heteroatoms. The molecular weight excluding hydrogens is 240 g/mol. The van der Waals surface area contributed by atoms with Gasteiger partial charge in [-0.3, -0.25) is 0 Å². The third-order valence-electron chi connectivity index (χ3n) is 2.77. The first-order valence-corrected chi connectivity index (χ1v) is 5.37. The summed E-state index contributed by atoms with van der Waals surface area (Å²) in [7, 11) is 0. The monoisotopic (exact) mass is 257 g/mol. The maximum Gasteiger partial charge on any atom is 0.223 e. The predicted molar refractivity (Wildman–Crippen MR) is 63.7 cm³/mol. The van der Waals surface area contributed by atoms with Gasteiger partial charge in [-0.05, 0) is 0 Å². The van der Waals surface area contributed by atoms with Crippen LogP contribution >= 0.6 is 0 Å². The molecule has 4 atom stereocenters. The molecule has 0 aromatic carbocycles. The largest absolute Gasteiger partial charge is 0.394 e. The quantitative estimate of drug-likeness (QED) is 0.447. The fraction of sp³-hybridized carbons (Fsp3) is 0.600. The number of nitrogens with zero attached hydrogens (tertiary/aromatic N) is 3. The van der Waals surface area contributed by atoms with Gasteiger partial charge in [0.15, 0.2) is 0 Å². The second-order valence-corrected chi connectivity index (χ2v) is 4.00. The van der Waals surface area contributed by atoms with E-state index in [4.69, 9.17) is 16.9 Å². The standard InChI is InChI=1S/C10H16N4O4/c1-5-13-10(11)12-4-14(5)2-6-8(16)9(17)7(3-15)18-6/h4,6-9,15-17H,1-3H2,(H2,11,13)/t6-,7+,8+,9?/m0/s1/i9D. The van der Waals surface area contributed by atoms with E-state index in [1.807, 2.05) is 0 Å². The lowest BCUT2D eigenvalue weighted by Crippen LogP contribution is -2.40. The number of aliphatic hydroxyl groups excluding tert-OH is 2. The van der Waals surface area contributed by atoms with Gasteiger partial charge in [0.1, 0.15) is 36.6 Å². The highest BCUT2D eigenvalue weighted by Crippen LogP contribution is 2.22. The Labute approximate surface area is 105 Å². The Balaban J connectivity index is 2.05. The fourth-order valence-corrected chi connectivity index (χ4v) is 1.78. The van der Waals surface area contributed by atoms with Gasteiger partial charge >= 0.3 is 0 Å². The zero-order valence-electron chi connectivity index (χ0n) is 10.6. The molecule has 0 saturated carbocycles. The molecule has 1 fully saturated rings. The number of hydrogen-bond donors (Lipinski definition) is 4. The highest BCUT2D eigenvalue weighted by molar-refractivity contribution is 5.89. The molecule has 0 aliphatic carbocycles. The van der Waals surface area contributed by atoms with E-state index in [1.165, 1.54) is 11.2 Å². The summed E-state index contributed by atoms with van der Waals surface area (Å²) in [6.07, 6.45) is -4.39. The molecule has 2 aliphatic heterocycles. The maximum atomic E-state index is 9.85. The van der Waals surface area contributed by atoms with Crippen molar-refractivity contribution in [3.05, 3.63) is 12.4 Å². The van der Waals surface area contributed by atoms with Crippen LogP contribution in [0, 0.1) is 0 Å². The molecule has 100 valence electrons. The van der Waals surface area contributed by atoms with Gasteiger partial charge < -0.3 is 30.7 Å². The summed E-state index contributed by atoms with van der Waals surface area (Å²) in [5.74, 6) is 0.378. The van der Waals surface area contributed by atoms with E-state index in [9.17, 15) is 10.2 Å². The number of guanidine groups is 1. The average Bonchev–Trinajstić information content (AvgIpc) is 2.56. The summed E-state index contributed by atoms with van der Waals surface area (Å²) in [5.41, 5.74) is 5.39. The summed E-state index contributed by atoms with van der Waals surface area (Å²) in [6.45, 7) is 3.18. The van der Waals surface area contributed by atoms with Crippen molar-refractivity contribution in [2.45, 2.75) is 24.4 Å². The van der Waals surface area contributed by atoms with Gasteiger partial charge in [0, 0.05) is 0 Å². The Bertz CT molecular complexity index is 439. The fourth-order valence-electron chi connectivity index (χ4n) is 1.78. The minimum absolute atomic E-state index is 0.0689. The van der Waals surface area contributed by atoms with Crippen LogP contribution in [0.25, 0.3) is 0 Å². The smallest absolute Gasteiger partial charge is 0.223 e. The van der Waals surface area contributed by atoms with E-state index < -0.39 is 31.0 Å². The Hall–Kier alpha value is -1.48. The van der Waals surface area contributed by atoms with Crippen molar-refractivity contribution in [3.63, 3.8) is 0 Å². The third-order valence-corrected chi connectivity index (χ3v) is 2.77. The van der Waals surface area contributed by atoms with Crippen LogP contribution in [0.3, 0.4) is 0 Å². The lowest BCUT2D eigenvalue weighted by Gasteiger charge is -2.25. The van der Waals surface area contributed by atoms with Crippen LogP contribution in [0.5, 0.6) is 0 Å². The van der Waals surface area contributed by atoms with Crippen LogP contribution in [0.15, 0.2) is 22.4 Å². The molecule has 8 nitrogen and oxygen atoms in total. The summed E-state index contributed by atoms with van der Waals surface area (Å²) in [4.78, 5) is 9.09. The normalized spacial score (nSPS) is 40.9. The molecule has 0 amide bonds. The van der Waals surface area contributed by atoms with Crippen molar-refractivity contribution in [3.8, 4) is 0 Å².